The summed E-state index contributed by atoms with van der Waals surface area (Å²) in [6, 6.07) is 1.96. The van der Waals surface area contributed by atoms with E-state index in [2.05, 4.69) is 10.4 Å². The molecule has 0 aliphatic carbocycles. The van der Waals surface area contributed by atoms with Gasteiger partial charge in [0.2, 0.25) is 0 Å². The van der Waals surface area contributed by atoms with Crippen LogP contribution in [-0.4, -0.2) is 18.1 Å². The summed E-state index contributed by atoms with van der Waals surface area (Å²) in [5.74, 6) is 5.48. The quantitative estimate of drug-likeness (QED) is 0.619. The zero-order chi connectivity index (χ0) is 12.5. The minimum atomic E-state index is -4.39. The van der Waals surface area contributed by atoms with Crippen molar-refractivity contribution in [3.05, 3.63) is 17.7 Å². The van der Waals surface area contributed by atoms with Crippen molar-refractivity contribution >= 4 is 11.6 Å². The lowest BCUT2D eigenvalue weighted by atomic mass is 10.2. The number of anilines is 2. The van der Waals surface area contributed by atoms with E-state index in [9.17, 15) is 13.2 Å². The highest BCUT2D eigenvalue weighted by Crippen LogP contribution is 2.33. The average molecular weight is 246 g/mol. The summed E-state index contributed by atoms with van der Waals surface area (Å²) in [4.78, 5) is 5.87. The van der Waals surface area contributed by atoms with Crippen molar-refractivity contribution in [2.24, 2.45) is 5.84 Å². The van der Waals surface area contributed by atoms with E-state index < -0.39 is 11.7 Å². The largest absolute Gasteiger partial charge is 0.416 e. The minimum absolute atomic E-state index is 0.0294. The number of hydrogen-bond donors (Lipinski definition) is 2. The van der Waals surface area contributed by atoms with Crippen LogP contribution >= 0.6 is 0 Å². The molecule has 94 valence electrons. The molecule has 0 radical (unpaired) electrons. The molecule has 2 rings (SSSR count). The highest BCUT2D eigenvalue weighted by atomic mass is 19.4. The number of nitrogens with two attached hydrogens (primary N) is 1. The molecule has 17 heavy (non-hydrogen) atoms. The molecule has 1 fully saturated rings. The molecule has 1 aliphatic heterocycles. The van der Waals surface area contributed by atoms with Crippen molar-refractivity contribution in [1.82, 2.24) is 4.98 Å². The third-order valence-electron chi connectivity index (χ3n) is 2.72. The molecule has 0 spiro atoms. The van der Waals surface area contributed by atoms with Crippen molar-refractivity contribution in [2.45, 2.75) is 19.0 Å². The Bertz CT molecular complexity index is 399. The first-order valence-electron chi connectivity index (χ1n) is 5.31. The third-order valence-corrected chi connectivity index (χ3v) is 2.72. The normalized spacial score (nSPS) is 16.4. The number of halogens is 3. The van der Waals surface area contributed by atoms with Crippen LogP contribution in [0.2, 0.25) is 0 Å². The van der Waals surface area contributed by atoms with Crippen molar-refractivity contribution in [3.8, 4) is 0 Å². The van der Waals surface area contributed by atoms with Gasteiger partial charge in [0, 0.05) is 13.1 Å². The molecule has 1 aromatic rings. The van der Waals surface area contributed by atoms with Gasteiger partial charge in [-0.1, -0.05) is 0 Å². The number of rotatable bonds is 2. The van der Waals surface area contributed by atoms with Crippen LogP contribution in [0.3, 0.4) is 0 Å². The number of nitrogens with zero attached hydrogens (tertiary/aromatic N) is 2. The Kier molecular flexibility index (Phi) is 3.10. The van der Waals surface area contributed by atoms with Gasteiger partial charge in [-0.3, -0.25) is 0 Å². The Morgan fingerprint density at radius 1 is 1.24 bits per heavy atom. The van der Waals surface area contributed by atoms with E-state index in [0.29, 0.717) is 5.82 Å². The van der Waals surface area contributed by atoms with Gasteiger partial charge < -0.3 is 10.3 Å². The third kappa shape index (κ3) is 2.60. The fraction of sp³-hybridized carbons (Fsp3) is 0.500. The van der Waals surface area contributed by atoms with Crippen molar-refractivity contribution in [1.29, 1.82) is 0 Å². The molecule has 2 heterocycles. The molecule has 0 atom stereocenters. The predicted octanol–water partition coefficient (Wildman–Crippen LogP) is 1.99. The first kappa shape index (κ1) is 12.0. The Hall–Kier alpha value is -1.50. The van der Waals surface area contributed by atoms with Gasteiger partial charge in [-0.05, 0) is 25.0 Å². The second-order valence-corrected chi connectivity index (χ2v) is 3.94. The summed E-state index contributed by atoms with van der Waals surface area (Å²) >= 11 is 0. The van der Waals surface area contributed by atoms with Gasteiger partial charge in [0.1, 0.15) is 11.6 Å². The molecule has 1 saturated heterocycles. The lowest BCUT2D eigenvalue weighted by Crippen LogP contribution is -2.21. The van der Waals surface area contributed by atoms with Gasteiger partial charge in [0.05, 0.1) is 5.56 Å². The van der Waals surface area contributed by atoms with Crippen molar-refractivity contribution in [3.63, 3.8) is 0 Å². The lowest BCUT2D eigenvalue weighted by molar-refractivity contribution is -0.137. The molecule has 1 aliphatic rings. The van der Waals surface area contributed by atoms with Crippen molar-refractivity contribution in [2.75, 3.05) is 23.4 Å². The van der Waals surface area contributed by atoms with Crippen LogP contribution in [0, 0.1) is 0 Å². The van der Waals surface area contributed by atoms with E-state index >= 15 is 0 Å². The fourth-order valence-electron chi connectivity index (χ4n) is 1.86. The molecule has 0 amide bonds. The monoisotopic (exact) mass is 246 g/mol. The van der Waals surface area contributed by atoms with Crippen LogP contribution in [0.15, 0.2) is 12.1 Å². The van der Waals surface area contributed by atoms with Crippen LogP contribution < -0.4 is 16.2 Å². The molecule has 3 N–H and O–H groups in total. The number of alkyl halides is 3. The molecule has 0 saturated carbocycles. The number of hydrogen-bond acceptors (Lipinski definition) is 4. The van der Waals surface area contributed by atoms with E-state index in [0.717, 1.165) is 38.1 Å². The molecule has 7 heteroatoms. The number of hydrazine groups is 1. The Morgan fingerprint density at radius 2 is 1.88 bits per heavy atom. The standard InChI is InChI=1S/C10H13F3N4/c11-10(12,13)7-5-8(16-14)15-9(6-7)17-3-1-2-4-17/h5-6H,1-4,14H2,(H,15,16). The summed E-state index contributed by atoms with van der Waals surface area (Å²) in [5, 5.41) is 0. The molecule has 0 aromatic carbocycles. The smallest absolute Gasteiger partial charge is 0.357 e. The van der Waals surface area contributed by atoms with Crippen LogP contribution in [0.5, 0.6) is 0 Å². The number of aromatic nitrogens is 1. The Labute approximate surface area is 96.6 Å². The van der Waals surface area contributed by atoms with E-state index in [-0.39, 0.29) is 5.82 Å². The highest BCUT2D eigenvalue weighted by Gasteiger charge is 2.32. The van der Waals surface area contributed by atoms with Gasteiger partial charge in [0.25, 0.3) is 0 Å². The lowest BCUT2D eigenvalue weighted by Gasteiger charge is -2.19. The molecule has 0 unspecified atom stereocenters. The zero-order valence-corrected chi connectivity index (χ0v) is 9.09. The summed E-state index contributed by atoms with van der Waals surface area (Å²) < 4.78 is 38.0. The van der Waals surface area contributed by atoms with Crippen LogP contribution in [0.25, 0.3) is 0 Å². The Balaban J connectivity index is 2.38. The van der Waals surface area contributed by atoms with Crippen LogP contribution in [0.4, 0.5) is 24.8 Å². The maximum absolute atomic E-state index is 12.7. The van der Waals surface area contributed by atoms with Gasteiger partial charge >= 0.3 is 6.18 Å². The zero-order valence-electron chi connectivity index (χ0n) is 9.09. The second-order valence-electron chi connectivity index (χ2n) is 3.94. The first-order chi connectivity index (χ1) is 8.00. The van der Waals surface area contributed by atoms with Gasteiger partial charge in [-0.15, -0.1) is 0 Å². The van der Waals surface area contributed by atoms with E-state index in [1.54, 1.807) is 0 Å². The maximum atomic E-state index is 12.7. The maximum Gasteiger partial charge on any atom is 0.416 e. The molecule has 1 aromatic heterocycles. The van der Waals surface area contributed by atoms with E-state index in [1.807, 2.05) is 4.90 Å². The van der Waals surface area contributed by atoms with Crippen LogP contribution in [-0.2, 0) is 6.18 Å². The number of nitrogens with one attached hydrogen (secondary N) is 1. The fourth-order valence-corrected chi connectivity index (χ4v) is 1.86. The summed E-state index contributed by atoms with van der Waals surface area (Å²) in [5.41, 5.74) is 1.43. The first-order valence-corrected chi connectivity index (χ1v) is 5.31. The van der Waals surface area contributed by atoms with Crippen LogP contribution in [0.1, 0.15) is 18.4 Å². The average Bonchev–Trinajstić information content (AvgIpc) is 2.80. The molecule has 0 bridgehead atoms. The summed E-state index contributed by atoms with van der Waals surface area (Å²) in [6.45, 7) is 1.47. The van der Waals surface area contributed by atoms with Gasteiger partial charge in [0.15, 0.2) is 0 Å². The molecular formula is C10H13F3N4. The number of nitrogen functional groups attached to an aromatic ring is 1. The second kappa shape index (κ2) is 4.40. The molecular weight excluding hydrogens is 233 g/mol. The Morgan fingerprint density at radius 3 is 2.41 bits per heavy atom. The highest BCUT2D eigenvalue weighted by molar-refractivity contribution is 5.51. The SMILES string of the molecule is NNc1cc(C(F)(F)F)cc(N2CCCC2)n1. The minimum Gasteiger partial charge on any atom is -0.357 e. The summed E-state index contributed by atoms with van der Waals surface area (Å²) in [7, 11) is 0. The van der Waals surface area contributed by atoms with Gasteiger partial charge in [-0.2, -0.15) is 13.2 Å². The topological polar surface area (TPSA) is 54.2 Å². The van der Waals surface area contributed by atoms with Crippen molar-refractivity contribution < 1.29 is 13.2 Å². The van der Waals surface area contributed by atoms with Gasteiger partial charge in [-0.25, -0.2) is 10.8 Å². The summed E-state index contributed by atoms with van der Waals surface area (Å²) in [6.07, 6.45) is -2.43. The van der Waals surface area contributed by atoms with E-state index in [1.165, 1.54) is 0 Å². The molecule has 4 nitrogen and oxygen atoms in total. The predicted molar refractivity (Wildman–Crippen MR) is 58.5 cm³/mol. The van der Waals surface area contributed by atoms with E-state index in [4.69, 9.17) is 5.84 Å². The number of pyridine rings is 1.